The Bertz CT molecular complexity index is 533. The van der Waals surface area contributed by atoms with Crippen molar-refractivity contribution >= 4 is 24.0 Å². The van der Waals surface area contributed by atoms with E-state index in [1.54, 1.807) is 6.92 Å². The van der Waals surface area contributed by atoms with E-state index in [-0.39, 0.29) is 18.9 Å². The van der Waals surface area contributed by atoms with E-state index < -0.39 is 30.0 Å². The molecule has 20 heavy (non-hydrogen) atoms. The van der Waals surface area contributed by atoms with Gasteiger partial charge in [0.1, 0.15) is 18.2 Å². The van der Waals surface area contributed by atoms with Gasteiger partial charge in [0.25, 0.3) is 0 Å². The van der Waals surface area contributed by atoms with E-state index in [4.69, 9.17) is 15.3 Å². The van der Waals surface area contributed by atoms with Gasteiger partial charge in [0.15, 0.2) is 11.4 Å². The zero-order chi connectivity index (χ0) is 14.5. The molecule has 0 radical (unpaired) electrons. The zero-order valence-electron chi connectivity index (χ0n) is 10.8. The third-order valence-electron chi connectivity index (χ3n) is 3.74. The van der Waals surface area contributed by atoms with E-state index in [1.807, 2.05) is 0 Å². The Hall–Kier alpha value is -1.84. The van der Waals surface area contributed by atoms with Crippen LogP contribution in [0, 0.1) is 5.41 Å². The van der Waals surface area contributed by atoms with Gasteiger partial charge in [-0.05, 0) is 6.92 Å². The van der Waals surface area contributed by atoms with E-state index in [9.17, 15) is 9.90 Å². The van der Waals surface area contributed by atoms with Gasteiger partial charge in [-0.2, -0.15) is 4.99 Å². The lowest BCUT2D eigenvalue weighted by atomic mass is 9.99. The Kier molecular flexibility index (Phi) is 2.85. The number of hydrogen-bond acceptors (Lipinski definition) is 7. The van der Waals surface area contributed by atoms with Crippen molar-refractivity contribution in [1.29, 1.82) is 5.41 Å². The standard InChI is InChI=1S/C11H15N5O4/c1-11-8(12)14-10(19)15-9(11)16(4-13-11)7-2-5(18)6(3-17)20-7/h4-7,17-18H,2-3H2,1H3,(H2,12,14,19)/t5-,6+,7+,11?/m0/s1. The van der Waals surface area contributed by atoms with Crippen molar-refractivity contribution in [3.05, 3.63) is 0 Å². The van der Waals surface area contributed by atoms with Crippen LogP contribution in [0.1, 0.15) is 13.3 Å². The third kappa shape index (κ3) is 1.74. The van der Waals surface area contributed by atoms with Crippen LogP contribution in [0.3, 0.4) is 0 Å². The lowest BCUT2D eigenvalue weighted by Gasteiger charge is -2.31. The number of amidine groups is 2. The van der Waals surface area contributed by atoms with Gasteiger partial charge in [-0.15, -0.1) is 0 Å². The maximum Gasteiger partial charge on any atom is 0.348 e. The van der Waals surface area contributed by atoms with Crippen LogP contribution in [0.25, 0.3) is 0 Å². The van der Waals surface area contributed by atoms with Crippen molar-refractivity contribution in [2.75, 3.05) is 6.61 Å². The first-order valence-corrected chi connectivity index (χ1v) is 6.23. The molecule has 3 rings (SSSR count). The number of ether oxygens (including phenoxy) is 1. The molecule has 0 aromatic carbocycles. The van der Waals surface area contributed by atoms with Gasteiger partial charge in [0.2, 0.25) is 0 Å². The van der Waals surface area contributed by atoms with Gasteiger partial charge >= 0.3 is 6.03 Å². The Morgan fingerprint density at radius 1 is 1.70 bits per heavy atom. The summed E-state index contributed by atoms with van der Waals surface area (Å²) in [7, 11) is 0. The topological polar surface area (TPSA) is 131 Å². The number of nitrogens with zero attached hydrogens (tertiary/aromatic N) is 3. The van der Waals surface area contributed by atoms with Crippen LogP contribution in [0.15, 0.2) is 9.98 Å². The molecule has 1 unspecified atom stereocenters. The molecule has 0 aromatic heterocycles. The summed E-state index contributed by atoms with van der Waals surface area (Å²) in [6.45, 7) is 1.38. The van der Waals surface area contributed by atoms with E-state index in [0.717, 1.165) is 0 Å². The zero-order valence-corrected chi connectivity index (χ0v) is 10.8. The molecule has 0 bridgehead atoms. The second-order valence-corrected chi connectivity index (χ2v) is 5.08. The molecule has 0 aromatic rings. The second kappa shape index (κ2) is 4.33. The van der Waals surface area contributed by atoms with Gasteiger partial charge in [-0.1, -0.05) is 0 Å². The minimum Gasteiger partial charge on any atom is -0.394 e. The fraction of sp³-hybridized carbons (Fsp3) is 0.636. The first-order chi connectivity index (χ1) is 9.45. The van der Waals surface area contributed by atoms with Gasteiger partial charge in [0, 0.05) is 6.42 Å². The average Bonchev–Trinajstić information content (AvgIpc) is 2.91. The minimum absolute atomic E-state index is 0.0523. The van der Waals surface area contributed by atoms with Crippen molar-refractivity contribution in [2.45, 2.75) is 37.3 Å². The van der Waals surface area contributed by atoms with Crippen LogP contribution in [0.2, 0.25) is 0 Å². The number of aliphatic hydroxyl groups excluding tert-OH is 2. The van der Waals surface area contributed by atoms with Crippen LogP contribution in [0.5, 0.6) is 0 Å². The van der Waals surface area contributed by atoms with Crippen LogP contribution < -0.4 is 5.32 Å². The molecule has 3 aliphatic rings. The van der Waals surface area contributed by atoms with Crippen molar-refractivity contribution in [3.63, 3.8) is 0 Å². The summed E-state index contributed by atoms with van der Waals surface area (Å²) < 4.78 is 5.52. The molecular formula is C11H15N5O4. The molecular weight excluding hydrogens is 266 g/mol. The molecule has 108 valence electrons. The molecule has 0 aliphatic carbocycles. The van der Waals surface area contributed by atoms with Crippen LogP contribution in [-0.4, -0.2) is 69.7 Å². The summed E-state index contributed by atoms with van der Waals surface area (Å²) in [4.78, 5) is 21.1. The highest BCUT2D eigenvalue weighted by Crippen LogP contribution is 2.30. The Labute approximate surface area is 114 Å². The van der Waals surface area contributed by atoms with E-state index >= 15 is 0 Å². The first-order valence-electron chi connectivity index (χ1n) is 6.23. The minimum atomic E-state index is -1.04. The number of rotatable bonds is 2. The van der Waals surface area contributed by atoms with Gasteiger partial charge < -0.3 is 14.9 Å². The SMILES string of the molecule is CC12N=CN([C@H]3C[C@H](O)[C@@H](CO)O3)C1=NC(=O)NC2=N. The maximum absolute atomic E-state index is 11.5. The number of urea groups is 1. The van der Waals surface area contributed by atoms with Crippen LogP contribution >= 0.6 is 0 Å². The summed E-state index contributed by atoms with van der Waals surface area (Å²) >= 11 is 0. The van der Waals surface area contributed by atoms with E-state index in [0.29, 0.717) is 5.84 Å². The van der Waals surface area contributed by atoms with Crippen LogP contribution in [-0.2, 0) is 4.74 Å². The molecule has 1 saturated heterocycles. The average molecular weight is 281 g/mol. The van der Waals surface area contributed by atoms with Crippen molar-refractivity contribution in [2.24, 2.45) is 9.98 Å². The number of hydrogen-bond donors (Lipinski definition) is 4. The van der Waals surface area contributed by atoms with Crippen molar-refractivity contribution in [3.8, 4) is 0 Å². The van der Waals surface area contributed by atoms with E-state index in [2.05, 4.69) is 15.3 Å². The third-order valence-corrected chi connectivity index (χ3v) is 3.74. The first kappa shape index (κ1) is 13.2. The predicted octanol–water partition coefficient (Wildman–Crippen LogP) is -1.34. The van der Waals surface area contributed by atoms with Crippen molar-refractivity contribution < 1.29 is 19.7 Å². The monoisotopic (exact) mass is 281 g/mol. The fourth-order valence-corrected chi connectivity index (χ4v) is 2.50. The number of amides is 2. The smallest absolute Gasteiger partial charge is 0.348 e. The molecule has 3 heterocycles. The summed E-state index contributed by atoms with van der Waals surface area (Å²) in [5.41, 5.74) is -1.04. The molecule has 2 amide bonds. The number of aliphatic imine (C=N–C) groups is 2. The highest BCUT2D eigenvalue weighted by atomic mass is 16.5. The number of carbonyl (C=O) groups is 1. The summed E-state index contributed by atoms with van der Waals surface area (Å²) in [6, 6.07) is -0.629. The predicted molar refractivity (Wildman–Crippen MR) is 68.8 cm³/mol. The molecule has 0 saturated carbocycles. The second-order valence-electron chi connectivity index (χ2n) is 5.08. The normalized spacial score (nSPS) is 39.9. The summed E-state index contributed by atoms with van der Waals surface area (Å²) in [5, 5.41) is 29.0. The van der Waals surface area contributed by atoms with Gasteiger partial charge in [0.05, 0.1) is 19.0 Å². The van der Waals surface area contributed by atoms with Gasteiger partial charge in [-0.3, -0.25) is 20.6 Å². The quantitative estimate of drug-likeness (QED) is 0.497. The number of aliphatic hydroxyl groups is 2. The van der Waals surface area contributed by atoms with Crippen LogP contribution in [0.4, 0.5) is 4.79 Å². The van der Waals surface area contributed by atoms with Gasteiger partial charge in [-0.25, -0.2) is 4.79 Å². The molecule has 3 aliphatic heterocycles. The highest BCUT2D eigenvalue weighted by Gasteiger charge is 2.50. The number of fused-ring (bicyclic) bond motifs is 1. The van der Waals surface area contributed by atoms with Crippen molar-refractivity contribution in [1.82, 2.24) is 10.2 Å². The fourth-order valence-electron chi connectivity index (χ4n) is 2.50. The number of carbonyl (C=O) groups excluding carboxylic acids is 1. The lowest BCUT2D eigenvalue weighted by molar-refractivity contribution is -0.0434. The maximum atomic E-state index is 11.5. The largest absolute Gasteiger partial charge is 0.394 e. The number of nitrogens with one attached hydrogen (secondary N) is 2. The summed E-state index contributed by atoms with van der Waals surface area (Å²) in [6.07, 6.45) is -0.308. The van der Waals surface area contributed by atoms with E-state index in [1.165, 1.54) is 11.2 Å². The Balaban J connectivity index is 1.88. The Morgan fingerprint density at radius 2 is 2.45 bits per heavy atom. The summed E-state index contributed by atoms with van der Waals surface area (Å²) in [5.74, 6) is 0.241. The molecule has 9 heteroatoms. The molecule has 4 N–H and O–H groups in total. The molecule has 4 atom stereocenters. The lowest BCUT2D eigenvalue weighted by Crippen LogP contribution is -2.57. The Morgan fingerprint density at radius 3 is 3.10 bits per heavy atom. The highest BCUT2D eigenvalue weighted by molar-refractivity contribution is 6.26. The molecule has 0 spiro atoms. The molecule has 9 nitrogen and oxygen atoms in total. The molecule has 1 fully saturated rings.